The predicted octanol–water partition coefficient (Wildman–Crippen LogP) is 2.91. The minimum Gasteiger partial charge on any atom is -0.457 e. The van der Waals surface area contributed by atoms with Gasteiger partial charge >= 0.3 is 10.4 Å². The van der Waals surface area contributed by atoms with Crippen molar-refractivity contribution in [3.8, 4) is 11.5 Å². The van der Waals surface area contributed by atoms with Crippen LogP contribution in [0.2, 0.25) is 0 Å². The first-order chi connectivity index (χ1) is 9.01. The molecule has 1 N–H and O–H groups in total. The highest BCUT2D eigenvalue weighted by Gasteiger charge is 1.94. The third kappa shape index (κ3) is 7.20. The van der Waals surface area contributed by atoms with Crippen LogP contribution in [0.1, 0.15) is 0 Å². The normalized spacial score (nSPS) is 10.2. The molecule has 0 aliphatic heterocycles. The maximum absolute atomic E-state index is 9.33. The maximum Gasteiger partial charge on any atom is 0.397 e. The van der Waals surface area contributed by atoms with Gasteiger partial charge in [-0.3, -0.25) is 8.74 Å². The van der Waals surface area contributed by atoms with Crippen LogP contribution in [0, 0.1) is 0 Å². The van der Waals surface area contributed by atoms with Crippen molar-refractivity contribution in [2.45, 2.75) is 0 Å². The van der Waals surface area contributed by atoms with Crippen LogP contribution in [0.5, 0.6) is 11.5 Å². The van der Waals surface area contributed by atoms with Crippen molar-refractivity contribution in [2.24, 2.45) is 0 Å². The molecule has 5 nitrogen and oxygen atoms in total. The van der Waals surface area contributed by atoms with Gasteiger partial charge in [-0.25, -0.2) is 0 Å². The van der Waals surface area contributed by atoms with Crippen molar-refractivity contribution < 1.29 is 21.9 Å². The van der Waals surface area contributed by atoms with Crippen LogP contribution in [-0.4, -0.2) is 20.1 Å². The van der Waals surface area contributed by atoms with Gasteiger partial charge in [0.1, 0.15) is 11.5 Å². The van der Waals surface area contributed by atoms with E-state index in [0.29, 0.717) is 0 Å². The molecule has 0 heterocycles. The second-order valence-electron chi connectivity index (χ2n) is 3.32. The van der Waals surface area contributed by atoms with Gasteiger partial charge in [-0.2, -0.15) is 8.42 Å². The van der Waals surface area contributed by atoms with E-state index in [1.54, 1.807) is 0 Å². The van der Waals surface area contributed by atoms with Gasteiger partial charge in [0.25, 0.3) is 0 Å². The second kappa shape index (κ2) is 7.52. The molecule has 2 aromatic carbocycles. The highest BCUT2D eigenvalue weighted by atomic mass is 32.3. The van der Waals surface area contributed by atoms with Crippen LogP contribution in [0.25, 0.3) is 0 Å². The SMILES string of the molecule is COS(=O)(=O)O.c1ccc(Oc2ccccc2)cc1. The molecule has 102 valence electrons. The Kier molecular flexibility index (Phi) is 6.01. The minimum absolute atomic E-state index is 0.869. The average molecular weight is 282 g/mol. The van der Waals surface area contributed by atoms with Crippen LogP contribution < -0.4 is 4.74 Å². The fourth-order valence-corrected chi connectivity index (χ4v) is 1.11. The third-order valence-electron chi connectivity index (χ3n) is 1.93. The molecule has 6 heteroatoms. The number of para-hydroxylation sites is 2. The van der Waals surface area contributed by atoms with E-state index in [4.69, 9.17) is 9.29 Å². The summed E-state index contributed by atoms with van der Waals surface area (Å²) in [6.07, 6.45) is 0. The Labute approximate surface area is 112 Å². The Hall–Kier alpha value is -1.89. The summed E-state index contributed by atoms with van der Waals surface area (Å²) in [4.78, 5) is 0. The Bertz CT molecular complexity index is 529. The van der Waals surface area contributed by atoms with Crippen molar-refractivity contribution in [3.05, 3.63) is 60.7 Å². The number of ether oxygens (including phenoxy) is 1. The summed E-state index contributed by atoms with van der Waals surface area (Å²) in [5, 5.41) is 0. The van der Waals surface area contributed by atoms with Crippen molar-refractivity contribution in [2.75, 3.05) is 7.11 Å². The molecule has 0 fully saturated rings. The molecule has 0 atom stereocenters. The lowest BCUT2D eigenvalue weighted by Gasteiger charge is -2.03. The molecular weight excluding hydrogens is 268 g/mol. The van der Waals surface area contributed by atoms with Gasteiger partial charge in [-0.1, -0.05) is 36.4 Å². The minimum atomic E-state index is -4.16. The van der Waals surface area contributed by atoms with Gasteiger partial charge in [0.2, 0.25) is 0 Å². The van der Waals surface area contributed by atoms with E-state index in [2.05, 4.69) is 4.18 Å². The first-order valence-corrected chi connectivity index (χ1v) is 6.69. The summed E-state index contributed by atoms with van der Waals surface area (Å²) >= 11 is 0. The smallest absolute Gasteiger partial charge is 0.397 e. The lowest BCUT2D eigenvalue weighted by molar-refractivity contribution is 0.324. The van der Waals surface area contributed by atoms with Crippen LogP contribution in [0.3, 0.4) is 0 Å². The van der Waals surface area contributed by atoms with Gasteiger partial charge in [-0.05, 0) is 24.3 Å². The van der Waals surface area contributed by atoms with Crippen molar-refractivity contribution >= 4 is 10.4 Å². The summed E-state index contributed by atoms with van der Waals surface area (Å²) < 4.78 is 35.3. The molecule has 0 amide bonds. The zero-order chi connectivity index (χ0) is 14.1. The van der Waals surface area contributed by atoms with Gasteiger partial charge in [0, 0.05) is 0 Å². The van der Waals surface area contributed by atoms with Gasteiger partial charge in [0.05, 0.1) is 7.11 Å². The molecule has 2 aromatic rings. The topological polar surface area (TPSA) is 72.8 Å². The first-order valence-electron chi connectivity index (χ1n) is 5.32. The second-order valence-corrected chi connectivity index (χ2v) is 4.51. The number of benzene rings is 2. The molecular formula is C13H14O5S. The van der Waals surface area contributed by atoms with Gasteiger partial charge in [0.15, 0.2) is 0 Å². The van der Waals surface area contributed by atoms with Gasteiger partial charge < -0.3 is 4.74 Å². The summed E-state index contributed by atoms with van der Waals surface area (Å²) in [5.74, 6) is 1.74. The highest BCUT2D eigenvalue weighted by molar-refractivity contribution is 7.80. The number of rotatable bonds is 3. The number of hydrogen-bond acceptors (Lipinski definition) is 4. The Morgan fingerprint density at radius 2 is 1.16 bits per heavy atom. The van der Waals surface area contributed by atoms with E-state index in [9.17, 15) is 8.42 Å². The number of hydrogen-bond donors (Lipinski definition) is 1. The molecule has 0 radical (unpaired) electrons. The van der Waals surface area contributed by atoms with Crippen LogP contribution in [0.4, 0.5) is 0 Å². The lowest BCUT2D eigenvalue weighted by Crippen LogP contribution is -1.96. The summed E-state index contributed by atoms with van der Waals surface area (Å²) in [5.41, 5.74) is 0. The highest BCUT2D eigenvalue weighted by Crippen LogP contribution is 2.19. The zero-order valence-corrected chi connectivity index (χ0v) is 11.1. The molecule has 0 aliphatic carbocycles. The molecule has 0 bridgehead atoms. The Balaban J connectivity index is 0.000000258. The fourth-order valence-electron chi connectivity index (χ4n) is 1.11. The standard InChI is InChI=1S/C12H10O.CH4O4S/c1-3-7-11(8-4-1)13-12-9-5-2-6-10-12;1-5-6(2,3)4/h1-10H;1H3,(H,2,3,4). The quantitative estimate of drug-likeness (QED) is 0.876. The summed E-state index contributed by atoms with van der Waals surface area (Å²) in [6, 6.07) is 19.5. The van der Waals surface area contributed by atoms with Crippen molar-refractivity contribution in [3.63, 3.8) is 0 Å². The molecule has 19 heavy (non-hydrogen) atoms. The Morgan fingerprint density at radius 1 is 0.842 bits per heavy atom. The lowest BCUT2D eigenvalue weighted by atomic mass is 10.3. The fraction of sp³-hybridized carbons (Fsp3) is 0.0769. The van der Waals surface area contributed by atoms with E-state index >= 15 is 0 Å². The molecule has 0 aliphatic rings. The molecule has 0 aromatic heterocycles. The summed E-state index contributed by atoms with van der Waals surface area (Å²) in [7, 11) is -3.29. The first kappa shape index (κ1) is 15.2. The Morgan fingerprint density at radius 3 is 1.42 bits per heavy atom. The summed E-state index contributed by atoms with van der Waals surface area (Å²) in [6.45, 7) is 0. The van der Waals surface area contributed by atoms with Crippen LogP contribution in [0.15, 0.2) is 60.7 Å². The molecule has 0 saturated carbocycles. The monoisotopic (exact) mass is 282 g/mol. The third-order valence-corrected chi connectivity index (χ3v) is 2.35. The zero-order valence-electron chi connectivity index (χ0n) is 10.3. The van der Waals surface area contributed by atoms with E-state index < -0.39 is 10.4 Å². The van der Waals surface area contributed by atoms with E-state index in [0.717, 1.165) is 18.6 Å². The van der Waals surface area contributed by atoms with Crippen molar-refractivity contribution in [1.29, 1.82) is 0 Å². The van der Waals surface area contributed by atoms with Gasteiger partial charge in [-0.15, -0.1) is 0 Å². The predicted molar refractivity (Wildman–Crippen MR) is 71.5 cm³/mol. The van der Waals surface area contributed by atoms with Crippen molar-refractivity contribution in [1.82, 2.24) is 0 Å². The van der Waals surface area contributed by atoms with Crippen LogP contribution >= 0.6 is 0 Å². The van der Waals surface area contributed by atoms with E-state index in [-0.39, 0.29) is 0 Å². The molecule has 0 spiro atoms. The van der Waals surface area contributed by atoms with E-state index in [1.165, 1.54) is 0 Å². The maximum atomic E-state index is 9.33. The van der Waals surface area contributed by atoms with E-state index in [1.807, 2.05) is 60.7 Å². The molecule has 2 rings (SSSR count). The average Bonchev–Trinajstić information content (AvgIpc) is 2.41. The largest absolute Gasteiger partial charge is 0.457 e. The van der Waals surface area contributed by atoms with Crippen LogP contribution in [-0.2, 0) is 14.6 Å². The molecule has 0 unspecified atom stereocenters. The molecule has 0 saturated heterocycles.